The normalized spacial score (nSPS) is 14.7. The highest BCUT2D eigenvalue weighted by molar-refractivity contribution is 7.80. The van der Waals surface area contributed by atoms with Crippen molar-refractivity contribution in [2.75, 3.05) is 43.4 Å². The SMILES string of the molecule is Cc1ccc(C(=O)NC(=S)Nc2ccc(N3CCN(C)CC3)cc2)cc1Cl. The number of amides is 1. The quantitative estimate of drug-likeness (QED) is 0.769. The predicted molar refractivity (Wildman–Crippen MR) is 116 cm³/mol. The Morgan fingerprint density at radius 3 is 2.37 bits per heavy atom. The van der Waals surface area contributed by atoms with Gasteiger partial charge in [0, 0.05) is 48.1 Å². The standard InChI is InChI=1S/C20H23ClN4OS/c1-14-3-4-15(13-18(14)21)19(26)23-20(27)22-16-5-7-17(8-6-16)25-11-9-24(2)10-12-25/h3-8,13H,9-12H2,1-2H3,(H2,22,23,26,27). The number of nitrogens with one attached hydrogen (secondary N) is 2. The molecule has 0 spiro atoms. The number of likely N-dealkylation sites (N-methyl/N-ethyl adjacent to an activating group) is 1. The number of benzene rings is 2. The van der Waals surface area contributed by atoms with Crippen LogP contribution in [0.15, 0.2) is 42.5 Å². The molecule has 1 saturated heterocycles. The molecular weight excluding hydrogens is 380 g/mol. The van der Waals surface area contributed by atoms with Gasteiger partial charge in [-0.3, -0.25) is 10.1 Å². The lowest BCUT2D eigenvalue weighted by atomic mass is 10.1. The van der Waals surface area contributed by atoms with E-state index < -0.39 is 0 Å². The van der Waals surface area contributed by atoms with Gasteiger partial charge in [0.25, 0.3) is 5.91 Å². The van der Waals surface area contributed by atoms with Crippen LogP contribution in [0.4, 0.5) is 11.4 Å². The van der Waals surface area contributed by atoms with Gasteiger partial charge in [-0.15, -0.1) is 0 Å². The van der Waals surface area contributed by atoms with Gasteiger partial charge < -0.3 is 15.1 Å². The monoisotopic (exact) mass is 402 g/mol. The molecule has 1 fully saturated rings. The minimum atomic E-state index is -0.288. The summed E-state index contributed by atoms with van der Waals surface area (Å²) < 4.78 is 0. The molecule has 3 rings (SSSR count). The number of thiocarbonyl (C=S) groups is 1. The number of hydrogen-bond donors (Lipinski definition) is 2. The third-order valence-electron chi connectivity index (χ3n) is 4.65. The molecule has 5 nitrogen and oxygen atoms in total. The van der Waals surface area contributed by atoms with Crippen molar-refractivity contribution in [3.63, 3.8) is 0 Å². The van der Waals surface area contributed by atoms with Gasteiger partial charge in [0.15, 0.2) is 5.11 Å². The molecule has 0 atom stereocenters. The summed E-state index contributed by atoms with van der Waals surface area (Å²) in [5.41, 5.74) is 3.42. The average molecular weight is 403 g/mol. The Morgan fingerprint density at radius 1 is 1.07 bits per heavy atom. The Bertz CT molecular complexity index is 832. The van der Waals surface area contributed by atoms with E-state index in [1.165, 1.54) is 5.69 Å². The molecule has 1 aliphatic rings. The number of nitrogens with zero attached hydrogens (tertiary/aromatic N) is 2. The molecular formula is C20H23ClN4OS. The van der Waals surface area contributed by atoms with Gasteiger partial charge in [0.2, 0.25) is 0 Å². The Kier molecular flexibility index (Phi) is 6.31. The first-order chi connectivity index (χ1) is 12.9. The van der Waals surface area contributed by atoms with Crippen LogP contribution in [0.1, 0.15) is 15.9 Å². The zero-order chi connectivity index (χ0) is 19.4. The van der Waals surface area contributed by atoms with E-state index in [1.54, 1.807) is 12.1 Å². The first-order valence-corrected chi connectivity index (χ1v) is 9.63. The maximum atomic E-state index is 12.3. The molecule has 2 aromatic rings. The van der Waals surface area contributed by atoms with E-state index in [9.17, 15) is 4.79 Å². The summed E-state index contributed by atoms with van der Waals surface area (Å²) in [4.78, 5) is 17.0. The number of halogens is 1. The van der Waals surface area contributed by atoms with Crippen molar-refractivity contribution in [1.82, 2.24) is 10.2 Å². The van der Waals surface area contributed by atoms with Gasteiger partial charge in [-0.2, -0.15) is 0 Å². The molecule has 27 heavy (non-hydrogen) atoms. The van der Waals surface area contributed by atoms with Crippen LogP contribution in [0.25, 0.3) is 0 Å². The van der Waals surface area contributed by atoms with Crippen LogP contribution in [0, 0.1) is 6.92 Å². The number of rotatable bonds is 3. The molecule has 1 heterocycles. The minimum absolute atomic E-state index is 0.254. The van der Waals surface area contributed by atoms with Crippen molar-refractivity contribution in [1.29, 1.82) is 0 Å². The fraction of sp³-hybridized carbons (Fsp3) is 0.300. The number of carbonyl (C=O) groups is 1. The summed E-state index contributed by atoms with van der Waals surface area (Å²) in [7, 11) is 2.14. The van der Waals surface area contributed by atoms with Crippen LogP contribution in [0.2, 0.25) is 5.02 Å². The number of piperazine rings is 1. The van der Waals surface area contributed by atoms with E-state index in [-0.39, 0.29) is 11.0 Å². The molecule has 1 aliphatic heterocycles. The van der Waals surface area contributed by atoms with Crippen LogP contribution in [0.3, 0.4) is 0 Å². The lowest BCUT2D eigenvalue weighted by Crippen LogP contribution is -2.44. The summed E-state index contributed by atoms with van der Waals surface area (Å²) in [5.74, 6) is -0.288. The molecule has 2 N–H and O–H groups in total. The molecule has 142 valence electrons. The van der Waals surface area contributed by atoms with E-state index in [0.717, 1.165) is 37.4 Å². The van der Waals surface area contributed by atoms with E-state index in [1.807, 2.05) is 25.1 Å². The molecule has 0 unspecified atom stereocenters. The smallest absolute Gasteiger partial charge is 0.257 e. The van der Waals surface area contributed by atoms with Crippen LogP contribution in [0.5, 0.6) is 0 Å². The second-order valence-electron chi connectivity index (χ2n) is 6.71. The molecule has 0 aromatic heterocycles. The summed E-state index contributed by atoms with van der Waals surface area (Å²) in [6.45, 7) is 6.08. The van der Waals surface area contributed by atoms with Gasteiger partial charge >= 0.3 is 0 Å². The number of aryl methyl sites for hydroxylation is 1. The van der Waals surface area contributed by atoms with Crippen molar-refractivity contribution in [3.8, 4) is 0 Å². The Labute approximate surface area is 170 Å². The zero-order valence-corrected chi connectivity index (χ0v) is 17.0. The highest BCUT2D eigenvalue weighted by atomic mass is 35.5. The number of hydrogen-bond acceptors (Lipinski definition) is 4. The van der Waals surface area contributed by atoms with E-state index in [0.29, 0.717) is 10.6 Å². The Balaban J connectivity index is 1.56. The topological polar surface area (TPSA) is 47.6 Å². The number of anilines is 2. The zero-order valence-electron chi connectivity index (χ0n) is 15.5. The maximum Gasteiger partial charge on any atom is 0.257 e. The van der Waals surface area contributed by atoms with E-state index in [2.05, 4.69) is 39.6 Å². The molecule has 7 heteroatoms. The highest BCUT2D eigenvalue weighted by Crippen LogP contribution is 2.19. The Hall–Kier alpha value is -2.15. The fourth-order valence-corrected chi connectivity index (χ4v) is 3.28. The fourth-order valence-electron chi connectivity index (χ4n) is 2.89. The molecule has 1 amide bonds. The molecule has 0 radical (unpaired) electrons. The maximum absolute atomic E-state index is 12.3. The van der Waals surface area contributed by atoms with Crippen molar-refractivity contribution in [3.05, 3.63) is 58.6 Å². The third kappa shape index (κ3) is 5.19. The Morgan fingerprint density at radius 2 is 1.74 bits per heavy atom. The largest absolute Gasteiger partial charge is 0.369 e. The van der Waals surface area contributed by atoms with Gasteiger partial charge in [0.1, 0.15) is 0 Å². The van der Waals surface area contributed by atoms with Crippen molar-refractivity contribution < 1.29 is 4.79 Å². The summed E-state index contributed by atoms with van der Waals surface area (Å²) in [5, 5.41) is 6.54. The minimum Gasteiger partial charge on any atom is -0.369 e. The second-order valence-corrected chi connectivity index (χ2v) is 7.52. The van der Waals surface area contributed by atoms with E-state index >= 15 is 0 Å². The van der Waals surface area contributed by atoms with Gasteiger partial charge in [-0.05, 0) is 68.2 Å². The van der Waals surface area contributed by atoms with Crippen LogP contribution in [-0.2, 0) is 0 Å². The second kappa shape index (κ2) is 8.69. The first-order valence-electron chi connectivity index (χ1n) is 8.84. The summed E-state index contributed by atoms with van der Waals surface area (Å²) >= 11 is 11.3. The van der Waals surface area contributed by atoms with Crippen LogP contribution >= 0.6 is 23.8 Å². The lowest BCUT2D eigenvalue weighted by Gasteiger charge is -2.34. The third-order valence-corrected chi connectivity index (χ3v) is 5.27. The summed E-state index contributed by atoms with van der Waals surface area (Å²) in [6.07, 6.45) is 0. The summed E-state index contributed by atoms with van der Waals surface area (Å²) in [6, 6.07) is 13.2. The molecule has 2 aromatic carbocycles. The van der Waals surface area contributed by atoms with Crippen LogP contribution in [-0.4, -0.2) is 49.1 Å². The molecule has 0 aliphatic carbocycles. The van der Waals surface area contributed by atoms with Crippen molar-refractivity contribution in [2.45, 2.75) is 6.92 Å². The number of carbonyl (C=O) groups excluding carboxylic acids is 1. The van der Waals surface area contributed by atoms with Crippen molar-refractivity contribution in [2.24, 2.45) is 0 Å². The van der Waals surface area contributed by atoms with Crippen LogP contribution < -0.4 is 15.5 Å². The van der Waals surface area contributed by atoms with Gasteiger partial charge in [-0.1, -0.05) is 17.7 Å². The van der Waals surface area contributed by atoms with Gasteiger partial charge in [-0.25, -0.2) is 0 Å². The molecule has 0 bridgehead atoms. The molecule has 0 saturated carbocycles. The van der Waals surface area contributed by atoms with Gasteiger partial charge in [0.05, 0.1) is 0 Å². The van der Waals surface area contributed by atoms with E-state index in [4.69, 9.17) is 23.8 Å². The first kappa shape index (κ1) is 19.6. The van der Waals surface area contributed by atoms with Crippen molar-refractivity contribution >= 4 is 46.2 Å². The lowest BCUT2D eigenvalue weighted by molar-refractivity contribution is 0.0977. The average Bonchev–Trinajstić information content (AvgIpc) is 2.65. The highest BCUT2D eigenvalue weighted by Gasteiger charge is 2.14. The predicted octanol–water partition coefficient (Wildman–Crippen LogP) is 3.53.